The molecule has 1 aromatic rings. The van der Waals surface area contributed by atoms with Gasteiger partial charge in [0.15, 0.2) is 0 Å². The molecule has 0 saturated carbocycles. The number of nitrogens with zero attached hydrogens (tertiary/aromatic N) is 1. The number of halogens is 4. The van der Waals surface area contributed by atoms with Crippen LogP contribution in [-0.2, 0) is 6.18 Å². The van der Waals surface area contributed by atoms with Crippen molar-refractivity contribution < 1.29 is 23.1 Å². The van der Waals surface area contributed by atoms with Gasteiger partial charge in [-0.25, -0.2) is 0 Å². The topological polar surface area (TPSA) is 40.5 Å². The lowest BCUT2D eigenvalue weighted by atomic mass is 10.0. The second kappa shape index (κ2) is 5.61. The predicted molar refractivity (Wildman–Crippen MR) is 69.1 cm³/mol. The van der Waals surface area contributed by atoms with Gasteiger partial charge in [-0.1, -0.05) is 0 Å². The zero-order chi connectivity index (χ0) is 14.9. The third kappa shape index (κ3) is 3.24. The fourth-order valence-electron chi connectivity index (χ4n) is 2.27. The Morgan fingerprint density at radius 1 is 1.30 bits per heavy atom. The lowest BCUT2D eigenvalue weighted by molar-refractivity contribution is -0.137. The number of piperidine rings is 1. The third-order valence-corrected chi connectivity index (χ3v) is 3.55. The van der Waals surface area contributed by atoms with Gasteiger partial charge in [0.25, 0.3) is 5.24 Å². The van der Waals surface area contributed by atoms with Gasteiger partial charge in [0, 0.05) is 24.3 Å². The molecule has 1 heterocycles. The van der Waals surface area contributed by atoms with E-state index in [1.807, 2.05) is 0 Å². The largest absolute Gasteiger partial charge is 0.418 e. The Morgan fingerprint density at radius 2 is 1.90 bits per heavy atom. The van der Waals surface area contributed by atoms with E-state index in [1.165, 1.54) is 12.1 Å². The van der Waals surface area contributed by atoms with E-state index in [0.717, 1.165) is 6.07 Å². The Labute approximate surface area is 118 Å². The van der Waals surface area contributed by atoms with Gasteiger partial charge in [-0.3, -0.25) is 4.79 Å². The van der Waals surface area contributed by atoms with Gasteiger partial charge in [0.05, 0.1) is 11.7 Å². The summed E-state index contributed by atoms with van der Waals surface area (Å²) in [6.07, 6.45) is -4.18. The van der Waals surface area contributed by atoms with Crippen LogP contribution in [0.25, 0.3) is 0 Å². The summed E-state index contributed by atoms with van der Waals surface area (Å²) in [6.45, 7) is 0.691. The van der Waals surface area contributed by atoms with Crippen molar-refractivity contribution in [1.82, 2.24) is 0 Å². The molecule has 0 aromatic heterocycles. The van der Waals surface area contributed by atoms with Crippen LogP contribution in [0.5, 0.6) is 0 Å². The monoisotopic (exact) mass is 307 g/mol. The van der Waals surface area contributed by atoms with E-state index < -0.39 is 23.1 Å². The SMILES string of the molecule is O=C(Cl)c1ccc(N2CCC(O)CC2)c(C(F)(F)F)c1. The van der Waals surface area contributed by atoms with E-state index in [-0.39, 0.29) is 11.3 Å². The highest BCUT2D eigenvalue weighted by atomic mass is 35.5. The van der Waals surface area contributed by atoms with Crippen LogP contribution < -0.4 is 4.90 Å². The highest BCUT2D eigenvalue weighted by Gasteiger charge is 2.36. The number of anilines is 1. The quantitative estimate of drug-likeness (QED) is 0.854. The number of benzene rings is 1. The number of aliphatic hydroxyl groups excluding tert-OH is 1. The average Bonchev–Trinajstić information content (AvgIpc) is 2.38. The Bertz CT molecular complexity index is 511. The van der Waals surface area contributed by atoms with Crippen LogP contribution >= 0.6 is 11.6 Å². The Morgan fingerprint density at radius 3 is 2.40 bits per heavy atom. The molecule has 0 atom stereocenters. The Kier molecular flexibility index (Phi) is 4.25. The molecule has 3 nitrogen and oxygen atoms in total. The minimum Gasteiger partial charge on any atom is -0.393 e. The van der Waals surface area contributed by atoms with E-state index in [9.17, 15) is 23.1 Å². The number of alkyl halides is 3. The van der Waals surface area contributed by atoms with Gasteiger partial charge >= 0.3 is 6.18 Å². The lowest BCUT2D eigenvalue weighted by Crippen LogP contribution is -2.37. The number of aliphatic hydroxyl groups is 1. The first-order valence-electron chi connectivity index (χ1n) is 6.13. The van der Waals surface area contributed by atoms with Crippen LogP contribution in [0.2, 0.25) is 0 Å². The Hall–Kier alpha value is -1.27. The van der Waals surface area contributed by atoms with Crippen LogP contribution in [0.15, 0.2) is 18.2 Å². The zero-order valence-corrected chi connectivity index (χ0v) is 11.2. The fourth-order valence-corrected chi connectivity index (χ4v) is 2.39. The number of hydrogen-bond donors (Lipinski definition) is 1. The molecule has 1 fully saturated rings. The first-order chi connectivity index (χ1) is 9.29. The molecule has 0 spiro atoms. The zero-order valence-electron chi connectivity index (χ0n) is 10.5. The predicted octanol–water partition coefficient (Wildman–Crippen LogP) is 3.05. The maximum absolute atomic E-state index is 13.1. The van der Waals surface area contributed by atoms with Crippen molar-refractivity contribution in [2.24, 2.45) is 0 Å². The van der Waals surface area contributed by atoms with E-state index in [0.29, 0.717) is 25.9 Å². The number of carbonyl (C=O) groups excluding carboxylic acids is 1. The van der Waals surface area contributed by atoms with E-state index in [4.69, 9.17) is 11.6 Å². The molecule has 0 bridgehead atoms. The van der Waals surface area contributed by atoms with Gasteiger partial charge in [-0.2, -0.15) is 13.2 Å². The smallest absolute Gasteiger partial charge is 0.393 e. The maximum atomic E-state index is 13.1. The summed E-state index contributed by atoms with van der Waals surface area (Å²) >= 11 is 5.23. The summed E-state index contributed by atoms with van der Waals surface area (Å²) in [4.78, 5) is 12.6. The van der Waals surface area contributed by atoms with Crippen molar-refractivity contribution in [1.29, 1.82) is 0 Å². The summed E-state index contributed by atoms with van der Waals surface area (Å²) in [5, 5.41) is 8.49. The molecular formula is C13H13ClF3NO2. The van der Waals surface area contributed by atoms with Gasteiger partial charge in [-0.05, 0) is 42.6 Å². The summed E-state index contributed by atoms with van der Waals surface area (Å²) in [7, 11) is 0. The average molecular weight is 308 g/mol. The first kappa shape index (κ1) is 15.1. The van der Waals surface area contributed by atoms with Crippen LogP contribution in [-0.4, -0.2) is 29.5 Å². The molecule has 0 aliphatic carbocycles. The molecule has 20 heavy (non-hydrogen) atoms. The van der Waals surface area contributed by atoms with Crippen molar-refractivity contribution in [3.63, 3.8) is 0 Å². The van der Waals surface area contributed by atoms with Crippen molar-refractivity contribution in [2.45, 2.75) is 25.1 Å². The van der Waals surface area contributed by atoms with Crippen LogP contribution in [0.1, 0.15) is 28.8 Å². The Balaban J connectivity index is 2.39. The molecular weight excluding hydrogens is 295 g/mol. The van der Waals surface area contributed by atoms with Crippen LogP contribution in [0, 0.1) is 0 Å². The van der Waals surface area contributed by atoms with Gasteiger partial charge in [-0.15, -0.1) is 0 Å². The third-order valence-electron chi connectivity index (χ3n) is 3.33. The molecule has 1 aromatic carbocycles. The lowest BCUT2D eigenvalue weighted by Gasteiger charge is -2.33. The molecule has 1 aliphatic heterocycles. The van der Waals surface area contributed by atoms with Gasteiger partial charge in [0.1, 0.15) is 0 Å². The highest BCUT2D eigenvalue weighted by molar-refractivity contribution is 6.67. The summed E-state index contributed by atoms with van der Waals surface area (Å²) in [5.74, 6) is 0. The maximum Gasteiger partial charge on any atom is 0.418 e. The molecule has 1 aliphatic rings. The van der Waals surface area contributed by atoms with Gasteiger partial charge in [0.2, 0.25) is 0 Å². The molecule has 0 amide bonds. The van der Waals surface area contributed by atoms with Crippen molar-refractivity contribution >= 4 is 22.5 Å². The molecule has 2 rings (SSSR count). The summed E-state index contributed by atoms with van der Waals surface area (Å²) < 4.78 is 39.3. The summed E-state index contributed by atoms with van der Waals surface area (Å²) in [5.41, 5.74) is -1.04. The molecule has 7 heteroatoms. The molecule has 1 N–H and O–H groups in total. The van der Waals surface area contributed by atoms with Crippen molar-refractivity contribution in [3.8, 4) is 0 Å². The molecule has 0 radical (unpaired) electrons. The normalized spacial score (nSPS) is 17.4. The van der Waals surface area contributed by atoms with Crippen LogP contribution in [0.3, 0.4) is 0 Å². The fraction of sp³-hybridized carbons (Fsp3) is 0.462. The van der Waals surface area contributed by atoms with E-state index in [1.54, 1.807) is 4.90 Å². The van der Waals surface area contributed by atoms with Crippen molar-refractivity contribution in [2.75, 3.05) is 18.0 Å². The minimum atomic E-state index is -4.56. The first-order valence-corrected chi connectivity index (χ1v) is 6.51. The standard InChI is InChI=1S/C13H13ClF3NO2/c14-12(20)8-1-2-11(10(7-8)13(15,16)17)18-5-3-9(19)4-6-18/h1-2,7,9,19H,3-6H2. The second-order valence-corrected chi connectivity index (χ2v) is 5.06. The van der Waals surface area contributed by atoms with Gasteiger partial charge < -0.3 is 10.0 Å². The highest BCUT2D eigenvalue weighted by Crippen LogP contribution is 2.38. The van der Waals surface area contributed by atoms with Crippen LogP contribution in [0.4, 0.5) is 18.9 Å². The molecule has 0 unspecified atom stereocenters. The number of carbonyl (C=O) groups is 1. The van der Waals surface area contributed by atoms with Crippen molar-refractivity contribution in [3.05, 3.63) is 29.3 Å². The van der Waals surface area contributed by atoms with E-state index >= 15 is 0 Å². The van der Waals surface area contributed by atoms with E-state index in [2.05, 4.69) is 0 Å². The number of hydrogen-bond acceptors (Lipinski definition) is 3. The molecule has 110 valence electrons. The second-order valence-electron chi connectivity index (χ2n) is 4.72. The number of rotatable bonds is 2. The minimum absolute atomic E-state index is 0.0195. The summed E-state index contributed by atoms with van der Waals surface area (Å²) in [6, 6.07) is 3.32. The molecule has 1 saturated heterocycles.